The maximum atomic E-state index is 7.84. The van der Waals surface area contributed by atoms with Crippen molar-refractivity contribution in [3.05, 3.63) is 12.2 Å². The van der Waals surface area contributed by atoms with Gasteiger partial charge >= 0.3 is 0 Å². The van der Waals surface area contributed by atoms with Crippen molar-refractivity contribution < 1.29 is 10.1 Å². The van der Waals surface area contributed by atoms with Crippen molar-refractivity contribution >= 4 is 0 Å². The minimum absolute atomic E-state index is 0.435. The molecule has 0 bridgehead atoms. The monoisotopic (exact) mass is 116 g/mol. The zero-order valence-electron chi connectivity index (χ0n) is 5.13. The number of hydrogen-bond acceptors (Lipinski definition) is 2. The third-order valence-corrected chi connectivity index (χ3v) is 0.842. The molecule has 0 rings (SSSR count). The van der Waals surface area contributed by atoms with E-state index in [1.807, 2.05) is 19.1 Å². The van der Waals surface area contributed by atoms with Gasteiger partial charge in [-0.15, -0.1) is 0 Å². The summed E-state index contributed by atoms with van der Waals surface area (Å²) < 4.78 is 0. The highest BCUT2D eigenvalue weighted by molar-refractivity contribution is 4.75. The molecular formula is C6H12O2. The molecule has 0 saturated carbocycles. The summed E-state index contributed by atoms with van der Waals surface area (Å²) in [6.07, 6.45) is 5.90. The lowest BCUT2D eigenvalue weighted by Crippen LogP contribution is -1.85. The summed E-state index contributed by atoms with van der Waals surface area (Å²) in [7, 11) is 0. The third kappa shape index (κ3) is 5.66. The van der Waals surface area contributed by atoms with Crippen LogP contribution in [0.4, 0.5) is 0 Å². The van der Waals surface area contributed by atoms with Crippen LogP contribution in [0.25, 0.3) is 0 Å². The SMILES string of the molecule is C/C=C/CCCOO. The summed E-state index contributed by atoms with van der Waals surface area (Å²) in [5.41, 5.74) is 0. The molecule has 2 nitrogen and oxygen atoms in total. The fourth-order valence-electron chi connectivity index (χ4n) is 0.432. The van der Waals surface area contributed by atoms with Gasteiger partial charge in [-0.05, 0) is 19.8 Å². The molecule has 0 aromatic carbocycles. The Morgan fingerprint density at radius 2 is 2.38 bits per heavy atom. The second kappa shape index (κ2) is 6.66. The lowest BCUT2D eigenvalue weighted by molar-refractivity contribution is -0.242. The molecule has 0 atom stereocenters. The molecule has 0 aliphatic carbocycles. The molecule has 48 valence electrons. The summed E-state index contributed by atoms with van der Waals surface area (Å²) in [4.78, 5) is 3.85. The number of hydrogen-bond donors (Lipinski definition) is 1. The van der Waals surface area contributed by atoms with E-state index in [2.05, 4.69) is 4.89 Å². The topological polar surface area (TPSA) is 29.5 Å². The Kier molecular flexibility index (Phi) is 6.38. The van der Waals surface area contributed by atoms with Gasteiger partial charge in [-0.25, -0.2) is 4.89 Å². The maximum absolute atomic E-state index is 7.84. The Hall–Kier alpha value is -0.340. The first-order valence-corrected chi connectivity index (χ1v) is 2.79. The molecule has 0 unspecified atom stereocenters. The van der Waals surface area contributed by atoms with Gasteiger partial charge in [-0.1, -0.05) is 12.2 Å². The predicted octanol–water partition coefficient (Wildman–Crippen LogP) is 1.83. The van der Waals surface area contributed by atoms with Crippen LogP contribution in [0.15, 0.2) is 12.2 Å². The fraction of sp³-hybridized carbons (Fsp3) is 0.667. The van der Waals surface area contributed by atoms with E-state index in [0.29, 0.717) is 6.61 Å². The predicted molar refractivity (Wildman–Crippen MR) is 32.6 cm³/mol. The molecule has 0 radical (unpaired) electrons. The molecule has 2 heteroatoms. The van der Waals surface area contributed by atoms with E-state index in [9.17, 15) is 0 Å². The van der Waals surface area contributed by atoms with Crippen LogP contribution in [0.5, 0.6) is 0 Å². The van der Waals surface area contributed by atoms with Gasteiger partial charge in [0.15, 0.2) is 0 Å². The average Bonchev–Trinajstić information content (AvgIpc) is 1.81. The van der Waals surface area contributed by atoms with Crippen LogP contribution in [0.1, 0.15) is 19.8 Å². The van der Waals surface area contributed by atoms with Crippen molar-refractivity contribution in [3.8, 4) is 0 Å². The quantitative estimate of drug-likeness (QED) is 0.263. The van der Waals surface area contributed by atoms with Crippen molar-refractivity contribution in [3.63, 3.8) is 0 Å². The fourth-order valence-corrected chi connectivity index (χ4v) is 0.432. The van der Waals surface area contributed by atoms with Crippen LogP contribution in [-0.2, 0) is 4.89 Å². The lowest BCUT2D eigenvalue weighted by atomic mass is 10.3. The standard InChI is InChI=1S/C6H12O2/c1-2-3-4-5-6-8-7/h2-3,7H,4-6H2,1H3/b3-2+. The molecule has 0 heterocycles. The summed E-state index contributed by atoms with van der Waals surface area (Å²) >= 11 is 0. The molecule has 0 amide bonds. The molecule has 0 aromatic heterocycles. The van der Waals surface area contributed by atoms with Gasteiger partial charge in [0.05, 0.1) is 6.61 Å². The second-order valence-electron chi connectivity index (χ2n) is 1.54. The molecule has 0 aliphatic rings. The molecule has 1 N–H and O–H groups in total. The van der Waals surface area contributed by atoms with Crippen molar-refractivity contribution in [1.29, 1.82) is 0 Å². The van der Waals surface area contributed by atoms with Crippen molar-refractivity contribution in [1.82, 2.24) is 0 Å². The lowest BCUT2D eigenvalue weighted by Gasteiger charge is -1.89. The molecule has 0 fully saturated rings. The molecule has 0 aliphatic heterocycles. The van der Waals surface area contributed by atoms with Gasteiger partial charge in [-0.2, -0.15) is 0 Å². The van der Waals surface area contributed by atoms with E-state index in [1.54, 1.807) is 0 Å². The van der Waals surface area contributed by atoms with E-state index >= 15 is 0 Å². The Morgan fingerprint density at radius 1 is 1.62 bits per heavy atom. The Balaban J connectivity index is 2.72. The zero-order chi connectivity index (χ0) is 6.24. The Labute approximate surface area is 49.7 Å². The van der Waals surface area contributed by atoms with Crippen molar-refractivity contribution in [2.45, 2.75) is 19.8 Å². The minimum Gasteiger partial charge on any atom is -0.252 e. The smallest absolute Gasteiger partial charge is 0.0822 e. The van der Waals surface area contributed by atoms with E-state index in [-0.39, 0.29) is 0 Å². The van der Waals surface area contributed by atoms with Crippen molar-refractivity contribution in [2.75, 3.05) is 6.61 Å². The van der Waals surface area contributed by atoms with E-state index in [0.717, 1.165) is 12.8 Å². The van der Waals surface area contributed by atoms with E-state index < -0.39 is 0 Å². The van der Waals surface area contributed by atoms with Crippen molar-refractivity contribution in [2.24, 2.45) is 0 Å². The number of rotatable bonds is 4. The molecule has 0 saturated heterocycles. The van der Waals surface area contributed by atoms with Crippen LogP contribution >= 0.6 is 0 Å². The highest BCUT2D eigenvalue weighted by Gasteiger charge is 1.79. The van der Waals surface area contributed by atoms with Gasteiger partial charge in [0.1, 0.15) is 0 Å². The normalized spacial score (nSPS) is 10.8. The molecule has 0 spiro atoms. The maximum Gasteiger partial charge on any atom is 0.0822 e. The number of allylic oxidation sites excluding steroid dienone is 2. The molecule has 0 aromatic rings. The van der Waals surface area contributed by atoms with Crippen LogP contribution in [0, 0.1) is 0 Å². The van der Waals surface area contributed by atoms with Crippen LogP contribution in [-0.4, -0.2) is 11.9 Å². The first-order chi connectivity index (χ1) is 3.91. The summed E-state index contributed by atoms with van der Waals surface area (Å²) in [6, 6.07) is 0. The van der Waals surface area contributed by atoms with Crippen LogP contribution < -0.4 is 0 Å². The van der Waals surface area contributed by atoms with E-state index in [4.69, 9.17) is 5.26 Å². The number of unbranched alkanes of at least 4 members (excludes halogenated alkanes) is 1. The summed E-state index contributed by atoms with van der Waals surface area (Å²) in [6.45, 7) is 2.41. The minimum atomic E-state index is 0.435. The van der Waals surface area contributed by atoms with Gasteiger partial charge in [-0.3, -0.25) is 5.26 Å². The summed E-state index contributed by atoms with van der Waals surface area (Å²) in [5.74, 6) is 0. The third-order valence-electron chi connectivity index (χ3n) is 0.842. The second-order valence-corrected chi connectivity index (χ2v) is 1.54. The highest BCUT2D eigenvalue weighted by atomic mass is 17.1. The Morgan fingerprint density at radius 3 is 2.88 bits per heavy atom. The highest BCUT2D eigenvalue weighted by Crippen LogP contribution is 1.89. The summed E-state index contributed by atoms with van der Waals surface area (Å²) in [5, 5.41) is 7.84. The molecule has 8 heavy (non-hydrogen) atoms. The largest absolute Gasteiger partial charge is 0.252 e. The van der Waals surface area contributed by atoms with E-state index in [1.165, 1.54) is 0 Å². The first kappa shape index (κ1) is 7.66. The average molecular weight is 116 g/mol. The van der Waals surface area contributed by atoms with Gasteiger partial charge in [0.2, 0.25) is 0 Å². The van der Waals surface area contributed by atoms with Gasteiger partial charge < -0.3 is 0 Å². The molecular weight excluding hydrogens is 104 g/mol. The van der Waals surface area contributed by atoms with Crippen LogP contribution in [0.2, 0.25) is 0 Å². The first-order valence-electron chi connectivity index (χ1n) is 2.79. The van der Waals surface area contributed by atoms with Crippen LogP contribution in [0.3, 0.4) is 0 Å². The zero-order valence-corrected chi connectivity index (χ0v) is 5.13. The Bertz CT molecular complexity index is 59.5. The van der Waals surface area contributed by atoms with Gasteiger partial charge in [0.25, 0.3) is 0 Å². The van der Waals surface area contributed by atoms with Gasteiger partial charge in [0, 0.05) is 0 Å².